The Hall–Kier alpha value is -3.24. The maximum atomic E-state index is 14.7. The Morgan fingerprint density at radius 3 is 2.75 bits per heavy atom. The predicted octanol–water partition coefficient (Wildman–Crippen LogP) is 2.84. The summed E-state index contributed by atoms with van der Waals surface area (Å²) in [5.41, 5.74) is 12.8. The van der Waals surface area contributed by atoms with Crippen LogP contribution in [0.5, 0.6) is 0 Å². The highest BCUT2D eigenvalue weighted by Crippen LogP contribution is 2.29. The first kappa shape index (κ1) is 23.4. The zero-order chi connectivity index (χ0) is 23.3. The standard InChI is InChI=1S/C22H30FN7O2/c1-13(2)9-14(11-24)27-22-17(23)10-15(20(25)31)21(29-22)28-18-5-4-6-19-16(18)12-26-30(19)7-8-32-3/h4-6,10,12-14H,7-9,11,24H2,1-3H3,(H2,25,31)(H2,27,28,29). The van der Waals surface area contributed by atoms with Gasteiger partial charge >= 0.3 is 0 Å². The van der Waals surface area contributed by atoms with Gasteiger partial charge < -0.3 is 26.8 Å². The minimum Gasteiger partial charge on any atom is -0.383 e. The number of benzene rings is 1. The van der Waals surface area contributed by atoms with Crippen LogP contribution in [0.3, 0.4) is 0 Å². The second-order valence-corrected chi connectivity index (χ2v) is 8.01. The molecule has 3 aromatic rings. The Balaban J connectivity index is 1.98. The molecule has 9 nitrogen and oxygen atoms in total. The highest BCUT2D eigenvalue weighted by molar-refractivity contribution is 6.00. The number of hydrogen-bond donors (Lipinski definition) is 4. The van der Waals surface area contributed by atoms with Crippen molar-refractivity contribution in [2.45, 2.75) is 32.9 Å². The third kappa shape index (κ3) is 5.32. The van der Waals surface area contributed by atoms with Gasteiger partial charge in [0.2, 0.25) is 0 Å². The van der Waals surface area contributed by atoms with Gasteiger partial charge in [0.05, 0.1) is 36.1 Å². The maximum Gasteiger partial charge on any atom is 0.252 e. The van der Waals surface area contributed by atoms with Gasteiger partial charge in [-0.2, -0.15) is 5.10 Å². The molecule has 1 unspecified atom stereocenters. The van der Waals surface area contributed by atoms with Crippen LogP contribution in [-0.2, 0) is 11.3 Å². The van der Waals surface area contributed by atoms with Gasteiger partial charge in [0, 0.05) is 25.1 Å². The summed E-state index contributed by atoms with van der Waals surface area (Å²) in [6.45, 7) is 5.55. The van der Waals surface area contributed by atoms with Crippen molar-refractivity contribution in [1.29, 1.82) is 0 Å². The van der Waals surface area contributed by atoms with E-state index in [9.17, 15) is 9.18 Å². The van der Waals surface area contributed by atoms with E-state index >= 15 is 0 Å². The number of methoxy groups -OCH3 is 1. The highest BCUT2D eigenvalue weighted by Gasteiger charge is 2.19. The topological polar surface area (TPSA) is 133 Å². The van der Waals surface area contributed by atoms with E-state index in [1.807, 2.05) is 22.9 Å². The van der Waals surface area contributed by atoms with Crippen LogP contribution in [-0.4, -0.2) is 47.0 Å². The molecule has 1 amide bonds. The monoisotopic (exact) mass is 443 g/mol. The molecular formula is C22H30FN7O2. The summed E-state index contributed by atoms with van der Waals surface area (Å²) in [7, 11) is 1.63. The molecule has 0 aliphatic carbocycles. The molecule has 0 aliphatic heterocycles. The number of aromatic nitrogens is 3. The third-order valence-electron chi connectivity index (χ3n) is 5.07. The van der Waals surface area contributed by atoms with Crippen molar-refractivity contribution in [2.24, 2.45) is 17.4 Å². The molecule has 2 heterocycles. The Kier molecular flexibility index (Phi) is 7.60. The van der Waals surface area contributed by atoms with Gasteiger partial charge in [-0.15, -0.1) is 0 Å². The molecule has 0 aliphatic rings. The molecule has 0 bridgehead atoms. The van der Waals surface area contributed by atoms with E-state index in [-0.39, 0.29) is 23.2 Å². The van der Waals surface area contributed by atoms with Crippen LogP contribution in [0.2, 0.25) is 0 Å². The number of pyridine rings is 1. The van der Waals surface area contributed by atoms with Crippen molar-refractivity contribution < 1.29 is 13.9 Å². The first-order chi connectivity index (χ1) is 15.3. The minimum absolute atomic E-state index is 0.0107. The summed E-state index contributed by atoms with van der Waals surface area (Å²) in [5, 5.41) is 11.4. The first-order valence-electron chi connectivity index (χ1n) is 10.5. The number of amides is 1. The van der Waals surface area contributed by atoms with Crippen LogP contribution in [0, 0.1) is 11.7 Å². The summed E-state index contributed by atoms with van der Waals surface area (Å²) < 4.78 is 21.7. The molecule has 32 heavy (non-hydrogen) atoms. The quantitative estimate of drug-likeness (QED) is 0.358. The number of halogens is 1. The molecule has 1 atom stereocenters. The first-order valence-corrected chi connectivity index (χ1v) is 10.5. The SMILES string of the molecule is COCCn1ncc2c(Nc3nc(NC(CN)CC(C)C)c(F)cc3C(N)=O)cccc21. The number of carbonyl (C=O) groups excluding carboxylic acids is 1. The lowest BCUT2D eigenvalue weighted by molar-refractivity contribution is 0.100. The third-order valence-corrected chi connectivity index (χ3v) is 5.07. The van der Waals surface area contributed by atoms with Gasteiger partial charge in [-0.05, 0) is 30.5 Å². The van der Waals surface area contributed by atoms with Crippen molar-refractivity contribution >= 4 is 34.1 Å². The fourth-order valence-electron chi connectivity index (χ4n) is 3.55. The lowest BCUT2D eigenvalue weighted by Gasteiger charge is -2.21. The van der Waals surface area contributed by atoms with Crippen LogP contribution < -0.4 is 22.1 Å². The smallest absolute Gasteiger partial charge is 0.252 e. The minimum atomic E-state index is -0.786. The fourth-order valence-corrected chi connectivity index (χ4v) is 3.55. The average Bonchev–Trinajstić information content (AvgIpc) is 3.17. The van der Waals surface area contributed by atoms with Gasteiger partial charge in [-0.3, -0.25) is 9.48 Å². The Morgan fingerprint density at radius 2 is 2.09 bits per heavy atom. The van der Waals surface area contributed by atoms with E-state index in [4.69, 9.17) is 16.2 Å². The number of carbonyl (C=O) groups is 1. The zero-order valence-corrected chi connectivity index (χ0v) is 18.6. The lowest BCUT2D eigenvalue weighted by atomic mass is 10.0. The number of anilines is 3. The van der Waals surface area contributed by atoms with E-state index in [0.717, 1.165) is 23.4 Å². The van der Waals surface area contributed by atoms with Crippen LogP contribution in [0.15, 0.2) is 30.5 Å². The van der Waals surface area contributed by atoms with Gasteiger partial charge in [0.15, 0.2) is 11.6 Å². The molecular weight excluding hydrogens is 413 g/mol. The van der Waals surface area contributed by atoms with E-state index in [1.165, 1.54) is 0 Å². The van der Waals surface area contributed by atoms with E-state index in [1.54, 1.807) is 13.3 Å². The van der Waals surface area contributed by atoms with E-state index in [2.05, 4.69) is 34.6 Å². The summed E-state index contributed by atoms with van der Waals surface area (Å²) >= 11 is 0. The fraction of sp³-hybridized carbons (Fsp3) is 0.409. The number of primary amides is 1. The van der Waals surface area contributed by atoms with Gasteiger partial charge in [-0.1, -0.05) is 19.9 Å². The molecule has 0 spiro atoms. The van der Waals surface area contributed by atoms with E-state index < -0.39 is 11.7 Å². The maximum absolute atomic E-state index is 14.7. The van der Waals surface area contributed by atoms with Crippen molar-refractivity contribution in [3.05, 3.63) is 41.8 Å². The normalized spacial score (nSPS) is 12.3. The Bertz CT molecular complexity index is 1080. The molecule has 10 heteroatoms. The zero-order valence-electron chi connectivity index (χ0n) is 18.6. The second kappa shape index (κ2) is 10.4. The number of nitrogens with one attached hydrogen (secondary N) is 2. The average molecular weight is 444 g/mol. The molecule has 0 fully saturated rings. The number of ether oxygens (including phenoxy) is 1. The number of rotatable bonds is 11. The van der Waals surface area contributed by atoms with Crippen molar-refractivity contribution in [3.63, 3.8) is 0 Å². The number of nitrogens with two attached hydrogens (primary N) is 2. The predicted molar refractivity (Wildman–Crippen MR) is 124 cm³/mol. The van der Waals surface area contributed by atoms with Gasteiger partial charge in [-0.25, -0.2) is 9.37 Å². The van der Waals surface area contributed by atoms with Gasteiger partial charge in [0.1, 0.15) is 5.82 Å². The van der Waals surface area contributed by atoms with Crippen molar-refractivity contribution in [2.75, 3.05) is 30.9 Å². The van der Waals surface area contributed by atoms with Crippen molar-refractivity contribution in [3.8, 4) is 0 Å². The van der Waals surface area contributed by atoms with Crippen LogP contribution >= 0.6 is 0 Å². The summed E-state index contributed by atoms with van der Waals surface area (Å²) in [6, 6.07) is 6.54. The van der Waals surface area contributed by atoms with Crippen LogP contribution in [0.25, 0.3) is 10.9 Å². The van der Waals surface area contributed by atoms with Crippen molar-refractivity contribution in [1.82, 2.24) is 14.8 Å². The largest absolute Gasteiger partial charge is 0.383 e. The molecule has 0 saturated heterocycles. The van der Waals surface area contributed by atoms with E-state index in [0.29, 0.717) is 31.3 Å². The number of fused-ring (bicyclic) bond motifs is 1. The molecule has 3 rings (SSSR count). The van der Waals surface area contributed by atoms with Crippen LogP contribution in [0.4, 0.5) is 21.7 Å². The molecule has 6 N–H and O–H groups in total. The summed E-state index contributed by atoms with van der Waals surface area (Å²) in [4.78, 5) is 16.3. The Labute approximate surface area is 186 Å². The molecule has 0 saturated carbocycles. The number of hydrogen-bond acceptors (Lipinski definition) is 7. The Morgan fingerprint density at radius 1 is 1.31 bits per heavy atom. The molecule has 172 valence electrons. The summed E-state index contributed by atoms with van der Waals surface area (Å²) in [5.74, 6) is -0.924. The number of nitrogens with zero attached hydrogens (tertiary/aromatic N) is 3. The lowest BCUT2D eigenvalue weighted by Crippen LogP contribution is -2.31. The highest BCUT2D eigenvalue weighted by atomic mass is 19.1. The summed E-state index contributed by atoms with van der Waals surface area (Å²) in [6.07, 6.45) is 2.46. The molecule has 2 aromatic heterocycles. The second-order valence-electron chi connectivity index (χ2n) is 8.01. The van der Waals surface area contributed by atoms with Crippen LogP contribution in [0.1, 0.15) is 30.6 Å². The van der Waals surface area contributed by atoms with Gasteiger partial charge in [0.25, 0.3) is 5.91 Å². The molecule has 1 aromatic carbocycles. The molecule has 0 radical (unpaired) electrons.